The molecule has 2 heterocycles. The number of aryl methyl sites for hydroxylation is 1. The molecule has 108 valence electrons. The zero-order valence-corrected chi connectivity index (χ0v) is 13.0. The Hall–Kier alpha value is -1.39. The molecule has 0 saturated carbocycles. The van der Waals surface area contributed by atoms with E-state index < -0.39 is 0 Å². The van der Waals surface area contributed by atoms with Gasteiger partial charge in [-0.1, -0.05) is 13.0 Å². The molecule has 2 rings (SSSR count). The van der Waals surface area contributed by atoms with E-state index in [9.17, 15) is 0 Å². The topological polar surface area (TPSA) is 34.1 Å². The highest BCUT2D eigenvalue weighted by Gasteiger charge is 2.09. The first-order valence-electron chi connectivity index (χ1n) is 7.05. The highest BCUT2D eigenvalue weighted by molar-refractivity contribution is 7.07. The minimum Gasteiger partial charge on any atom is -0.481 e. The number of nitrogens with one attached hydrogen (secondary N) is 1. The highest BCUT2D eigenvalue weighted by atomic mass is 32.1. The molecule has 0 aromatic carbocycles. The fraction of sp³-hybridized carbons (Fsp3) is 0.438. The third-order valence-corrected chi connectivity index (χ3v) is 4.08. The van der Waals surface area contributed by atoms with Crippen molar-refractivity contribution in [2.24, 2.45) is 0 Å². The summed E-state index contributed by atoms with van der Waals surface area (Å²) >= 11 is 1.77. The monoisotopic (exact) mass is 290 g/mol. The molecular weight excluding hydrogens is 268 g/mol. The number of rotatable bonds is 8. The fourth-order valence-corrected chi connectivity index (χ4v) is 2.98. The second-order valence-corrected chi connectivity index (χ2v) is 5.62. The van der Waals surface area contributed by atoms with Crippen LogP contribution in [0.25, 0.3) is 0 Å². The van der Waals surface area contributed by atoms with Crippen LogP contribution >= 0.6 is 11.3 Å². The van der Waals surface area contributed by atoms with Gasteiger partial charge >= 0.3 is 0 Å². The standard InChI is InChI=1S/C16H22N2OS/c1-3-17-15(6-4-13-8-9-20-12-13)10-14-5-7-16(19-2)18-11-14/h5,7-9,11-12,15,17H,3-4,6,10H2,1-2H3. The lowest BCUT2D eigenvalue weighted by Crippen LogP contribution is -2.31. The lowest BCUT2D eigenvalue weighted by molar-refractivity contribution is 0.397. The minimum atomic E-state index is 0.495. The van der Waals surface area contributed by atoms with Crippen LogP contribution in [0.1, 0.15) is 24.5 Å². The molecule has 20 heavy (non-hydrogen) atoms. The summed E-state index contributed by atoms with van der Waals surface area (Å²) in [4.78, 5) is 4.27. The molecule has 4 heteroatoms. The maximum atomic E-state index is 5.09. The van der Waals surface area contributed by atoms with Crippen LogP contribution in [-0.2, 0) is 12.8 Å². The zero-order valence-electron chi connectivity index (χ0n) is 12.1. The first kappa shape index (κ1) is 15.0. The average molecular weight is 290 g/mol. The molecule has 0 aliphatic carbocycles. The maximum absolute atomic E-state index is 5.09. The van der Waals surface area contributed by atoms with Gasteiger partial charge in [0, 0.05) is 18.3 Å². The SMILES string of the molecule is CCNC(CCc1ccsc1)Cc1ccc(OC)nc1. The van der Waals surface area contributed by atoms with Crippen molar-refractivity contribution in [3.63, 3.8) is 0 Å². The van der Waals surface area contributed by atoms with E-state index in [0.29, 0.717) is 11.9 Å². The first-order valence-corrected chi connectivity index (χ1v) is 7.99. The molecule has 1 unspecified atom stereocenters. The molecule has 2 aromatic rings. The molecule has 3 nitrogen and oxygen atoms in total. The molecular formula is C16H22N2OS. The summed E-state index contributed by atoms with van der Waals surface area (Å²) < 4.78 is 5.09. The van der Waals surface area contributed by atoms with E-state index >= 15 is 0 Å². The van der Waals surface area contributed by atoms with Gasteiger partial charge in [0.15, 0.2) is 0 Å². The molecule has 1 atom stereocenters. The molecule has 0 fully saturated rings. The largest absolute Gasteiger partial charge is 0.481 e. The number of thiophene rings is 1. The smallest absolute Gasteiger partial charge is 0.212 e. The summed E-state index contributed by atoms with van der Waals surface area (Å²) in [5.74, 6) is 0.673. The molecule has 0 radical (unpaired) electrons. The van der Waals surface area contributed by atoms with E-state index in [1.807, 2.05) is 12.3 Å². The second kappa shape index (κ2) is 8.02. The Kier molecular flexibility index (Phi) is 6.02. The number of hydrogen-bond donors (Lipinski definition) is 1. The van der Waals surface area contributed by atoms with Gasteiger partial charge in [0.1, 0.15) is 0 Å². The molecule has 0 bridgehead atoms. The summed E-state index contributed by atoms with van der Waals surface area (Å²) in [5, 5.41) is 7.94. The lowest BCUT2D eigenvalue weighted by atomic mass is 10.0. The first-order chi connectivity index (χ1) is 9.81. The fourth-order valence-electron chi connectivity index (χ4n) is 2.28. The Morgan fingerprint density at radius 3 is 2.80 bits per heavy atom. The quantitative estimate of drug-likeness (QED) is 0.810. The Bertz CT molecular complexity index is 482. The molecule has 0 spiro atoms. The predicted octanol–water partition coefficient (Wildman–Crippen LogP) is 3.31. The van der Waals surface area contributed by atoms with Crippen LogP contribution in [0.15, 0.2) is 35.2 Å². The number of hydrogen-bond acceptors (Lipinski definition) is 4. The van der Waals surface area contributed by atoms with Gasteiger partial charge in [-0.3, -0.25) is 0 Å². The molecule has 0 amide bonds. The van der Waals surface area contributed by atoms with Crippen molar-refractivity contribution < 1.29 is 4.74 Å². The van der Waals surface area contributed by atoms with Crippen LogP contribution in [-0.4, -0.2) is 24.7 Å². The van der Waals surface area contributed by atoms with Gasteiger partial charge in [0.2, 0.25) is 5.88 Å². The van der Waals surface area contributed by atoms with Crippen molar-refractivity contribution in [2.75, 3.05) is 13.7 Å². The van der Waals surface area contributed by atoms with E-state index in [2.05, 4.69) is 40.1 Å². The lowest BCUT2D eigenvalue weighted by Gasteiger charge is -2.17. The summed E-state index contributed by atoms with van der Waals surface area (Å²) in [6, 6.07) is 6.73. The minimum absolute atomic E-state index is 0.495. The molecule has 1 N–H and O–H groups in total. The molecule has 0 saturated heterocycles. The van der Waals surface area contributed by atoms with Crippen molar-refractivity contribution in [2.45, 2.75) is 32.2 Å². The number of methoxy groups -OCH3 is 1. The highest BCUT2D eigenvalue weighted by Crippen LogP contribution is 2.13. The van der Waals surface area contributed by atoms with Crippen molar-refractivity contribution >= 4 is 11.3 Å². The van der Waals surface area contributed by atoms with Crippen LogP contribution in [0.4, 0.5) is 0 Å². The Morgan fingerprint density at radius 2 is 2.20 bits per heavy atom. The van der Waals surface area contributed by atoms with Gasteiger partial charge in [-0.2, -0.15) is 11.3 Å². The molecule has 0 aliphatic rings. The molecule has 0 aliphatic heterocycles. The van der Waals surface area contributed by atoms with Gasteiger partial charge in [0.25, 0.3) is 0 Å². The average Bonchev–Trinajstić information content (AvgIpc) is 2.99. The summed E-state index contributed by atoms with van der Waals surface area (Å²) in [7, 11) is 1.64. The Morgan fingerprint density at radius 1 is 1.30 bits per heavy atom. The van der Waals surface area contributed by atoms with Crippen molar-refractivity contribution in [1.29, 1.82) is 0 Å². The van der Waals surface area contributed by atoms with Gasteiger partial charge in [-0.25, -0.2) is 4.98 Å². The van der Waals surface area contributed by atoms with E-state index in [1.165, 1.54) is 11.1 Å². The van der Waals surface area contributed by atoms with E-state index in [1.54, 1.807) is 18.4 Å². The summed E-state index contributed by atoms with van der Waals surface area (Å²) in [6.07, 6.45) is 5.20. The number of ether oxygens (including phenoxy) is 1. The number of pyridine rings is 1. The third kappa shape index (κ3) is 4.62. The van der Waals surface area contributed by atoms with Crippen LogP contribution in [0.3, 0.4) is 0 Å². The third-order valence-electron chi connectivity index (χ3n) is 3.34. The van der Waals surface area contributed by atoms with Gasteiger partial charge in [-0.15, -0.1) is 0 Å². The van der Waals surface area contributed by atoms with Crippen LogP contribution in [0.5, 0.6) is 5.88 Å². The normalized spacial score (nSPS) is 12.3. The maximum Gasteiger partial charge on any atom is 0.212 e. The summed E-state index contributed by atoms with van der Waals surface area (Å²) in [6.45, 7) is 3.15. The summed E-state index contributed by atoms with van der Waals surface area (Å²) in [5.41, 5.74) is 2.69. The van der Waals surface area contributed by atoms with E-state index in [0.717, 1.165) is 25.8 Å². The van der Waals surface area contributed by atoms with E-state index in [-0.39, 0.29) is 0 Å². The predicted molar refractivity (Wildman–Crippen MR) is 84.6 cm³/mol. The van der Waals surface area contributed by atoms with E-state index in [4.69, 9.17) is 4.74 Å². The van der Waals surface area contributed by atoms with Crippen LogP contribution < -0.4 is 10.1 Å². The number of likely N-dealkylation sites (N-methyl/N-ethyl adjacent to an activating group) is 1. The number of aromatic nitrogens is 1. The number of nitrogens with zero attached hydrogens (tertiary/aromatic N) is 1. The molecule has 2 aromatic heterocycles. The Labute approximate surface area is 125 Å². The van der Waals surface area contributed by atoms with Crippen molar-refractivity contribution in [3.05, 3.63) is 46.3 Å². The van der Waals surface area contributed by atoms with Crippen molar-refractivity contribution in [1.82, 2.24) is 10.3 Å². The van der Waals surface area contributed by atoms with Crippen molar-refractivity contribution in [3.8, 4) is 5.88 Å². The second-order valence-electron chi connectivity index (χ2n) is 4.84. The van der Waals surface area contributed by atoms with Crippen LogP contribution in [0.2, 0.25) is 0 Å². The zero-order chi connectivity index (χ0) is 14.2. The Balaban J connectivity index is 1.90. The van der Waals surface area contributed by atoms with Gasteiger partial charge in [-0.05, 0) is 53.8 Å². The van der Waals surface area contributed by atoms with Crippen LogP contribution in [0, 0.1) is 0 Å². The van der Waals surface area contributed by atoms with Gasteiger partial charge < -0.3 is 10.1 Å². The van der Waals surface area contributed by atoms with Gasteiger partial charge in [0.05, 0.1) is 7.11 Å².